The van der Waals surface area contributed by atoms with Gasteiger partial charge in [0.25, 0.3) is 0 Å². The van der Waals surface area contributed by atoms with Gasteiger partial charge in [0, 0.05) is 12.8 Å². The summed E-state index contributed by atoms with van der Waals surface area (Å²) in [6.45, 7) is 4.19. The molecule has 0 bridgehead atoms. The number of hydrogen-bond acceptors (Lipinski definition) is 6. The molecule has 30 heavy (non-hydrogen) atoms. The molecule has 2 aliphatic rings. The number of carbonyl (C=O) groups is 4. The molecule has 0 aliphatic carbocycles. The van der Waals surface area contributed by atoms with E-state index in [0.717, 1.165) is 37.2 Å². The molecule has 2 aliphatic heterocycles. The Kier molecular flexibility index (Phi) is 7.99. The van der Waals surface area contributed by atoms with Crippen molar-refractivity contribution in [1.29, 1.82) is 0 Å². The van der Waals surface area contributed by atoms with Gasteiger partial charge in [-0.2, -0.15) is 0 Å². The van der Waals surface area contributed by atoms with Crippen molar-refractivity contribution >= 4 is 58.5 Å². The number of rotatable bonds is 10. The zero-order chi connectivity index (χ0) is 21.7. The summed E-state index contributed by atoms with van der Waals surface area (Å²) in [6.07, 6.45) is 4.58. The van der Waals surface area contributed by atoms with Gasteiger partial charge in [-0.3, -0.25) is 19.2 Å². The highest BCUT2D eigenvalue weighted by Gasteiger charge is 2.41. The van der Waals surface area contributed by atoms with Crippen molar-refractivity contribution in [3.8, 4) is 0 Å². The number of carbonyl (C=O) groups excluding carboxylic acids is 4. The highest BCUT2D eigenvalue weighted by Crippen LogP contribution is 2.34. The lowest BCUT2D eigenvalue weighted by molar-refractivity contribution is -0.122. The van der Waals surface area contributed by atoms with Crippen LogP contribution in [0.5, 0.6) is 0 Å². The summed E-state index contributed by atoms with van der Waals surface area (Å²) in [6, 6.07) is 6.56. The van der Waals surface area contributed by atoms with E-state index in [2.05, 4.69) is 13.8 Å². The summed E-state index contributed by atoms with van der Waals surface area (Å²) in [7, 11) is 0. The van der Waals surface area contributed by atoms with Gasteiger partial charge in [-0.15, -0.1) is 23.5 Å². The minimum absolute atomic E-state index is 0.186. The average Bonchev–Trinajstić information content (AvgIpc) is 3.17. The molecule has 2 heterocycles. The van der Waals surface area contributed by atoms with E-state index in [0.29, 0.717) is 11.4 Å². The Labute approximate surface area is 186 Å². The van der Waals surface area contributed by atoms with Crippen LogP contribution in [-0.4, -0.2) is 45.6 Å². The molecule has 2 fully saturated rings. The molecule has 2 atom stereocenters. The van der Waals surface area contributed by atoms with Gasteiger partial charge in [-0.25, -0.2) is 9.80 Å². The van der Waals surface area contributed by atoms with Gasteiger partial charge in [0.15, 0.2) is 0 Å². The third kappa shape index (κ3) is 4.91. The van der Waals surface area contributed by atoms with E-state index < -0.39 is 0 Å². The molecule has 8 heteroatoms. The number of thioether (sulfide) groups is 2. The molecule has 0 spiro atoms. The first-order valence-electron chi connectivity index (χ1n) is 10.5. The van der Waals surface area contributed by atoms with Crippen LogP contribution in [0.25, 0.3) is 0 Å². The van der Waals surface area contributed by atoms with Crippen molar-refractivity contribution in [3.05, 3.63) is 24.3 Å². The molecular weight excluding hydrogens is 420 g/mol. The molecule has 1 aromatic rings. The number of anilines is 2. The van der Waals surface area contributed by atoms with E-state index in [1.165, 1.54) is 33.3 Å². The van der Waals surface area contributed by atoms with Crippen LogP contribution in [0.2, 0.25) is 0 Å². The molecule has 4 amide bonds. The molecular formula is C22H28N2O4S2. The molecule has 2 saturated heterocycles. The Hall–Kier alpha value is -1.80. The highest BCUT2D eigenvalue weighted by atomic mass is 32.2. The van der Waals surface area contributed by atoms with Gasteiger partial charge in [-0.05, 0) is 48.6 Å². The number of hydrogen-bond donors (Lipinski definition) is 0. The molecule has 0 N–H and O–H groups in total. The minimum atomic E-state index is -0.327. The molecule has 0 saturated carbocycles. The van der Waals surface area contributed by atoms with Crippen molar-refractivity contribution in [3.63, 3.8) is 0 Å². The van der Waals surface area contributed by atoms with Crippen LogP contribution in [0.15, 0.2) is 24.3 Å². The fourth-order valence-corrected chi connectivity index (χ4v) is 6.00. The molecule has 162 valence electrons. The first-order valence-corrected chi connectivity index (χ1v) is 12.6. The predicted molar refractivity (Wildman–Crippen MR) is 123 cm³/mol. The normalized spacial score (nSPS) is 21.9. The van der Waals surface area contributed by atoms with Gasteiger partial charge in [-0.1, -0.05) is 26.7 Å². The monoisotopic (exact) mass is 448 g/mol. The summed E-state index contributed by atoms with van der Waals surface area (Å²) in [5, 5.41) is -0.655. The number of unbranched alkanes of at least 4 members (excludes halogenated alkanes) is 2. The quantitative estimate of drug-likeness (QED) is 0.398. The molecule has 3 rings (SSSR count). The Morgan fingerprint density at radius 3 is 1.43 bits per heavy atom. The summed E-state index contributed by atoms with van der Waals surface area (Å²) >= 11 is 3.08. The zero-order valence-electron chi connectivity index (χ0n) is 17.5. The highest BCUT2D eigenvalue weighted by molar-refractivity contribution is 8.00. The van der Waals surface area contributed by atoms with Crippen molar-refractivity contribution < 1.29 is 19.2 Å². The van der Waals surface area contributed by atoms with Gasteiger partial charge in [0.2, 0.25) is 23.6 Å². The number of imide groups is 2. The lowest BCUT2D eigenvalue weighted by Crippen LogP contribution is -2.32. The maximum absolute atomic E-state index is 12.7. The summed E-state index contributed by atoms with van der Waals surface area (Å²) < 4.78 is 0. The third-order valence-electron chi connectivity index (χ3n) is 5.21. The fraction of sp³-hybridized carbons (Fsp3) is 0.545. The fourth-order valence-electron chi connectivity index (χ4n) is 3.50. The van der Waals surface area contributed by atoms with Gasteiger partial charge < -0.3 is 0 Å². The smallest absolute Gasteiger partial charge is 0.247 e. The van der Waals surface area contributed by atoms with Crippen molar-refractivity contribution in [2.45, 2.75) is 62.9 Å². The Morgan fingerprint density at radius 2 is 1.10 bits per heavy atom. The first kappa shape index (κ1) is 22.9. The number of nitrogens with zero attached hydrogens (tertiary/aromatic N) is 2. The zero-order valence-corrected chi connectivity index (χ0v) is 19.1. The minimum Gasteiger partial charge on any atom is -0.274 e. The van der Waals surface area contributed by atoms with Gasteiger partial charge in [0.1, 0.15) is 0 Å². The lowest BCUT2D eigenvalue weighted by Gasteiger charge is -2.18. The molecule has 1 aromatic carbocycles. The van der Waals surface area contributed by atoms with Crippen LogP contribution in [0, 0.1) is 0 Å². The Bertz CT molecular complexity index is 745. The van der Waals surface area contributed by atoms with Gasteiger partial charge >= 0.3 is 0 Å². The Morgan fingerprint density at radius 1 is 0.733 bits per heavy atom. The second-order valence-electron chi connectivity index (χ2n) is 7.49. The largest absolute Gasteiger partial charge is 0.274 e. The van der Waals surface area contributed by atoms with Crippen LogP contribution in [0.4, 0.5) is 11.4 Å². The Balaban J connectivity index is 1.67. The maximum Gasteiger partial charge on any atom is 0.247 e. The van der Waals surface area contributed by atoms with Crippen molar-refractivity contribution in [2.24, 2.45) is 0 Å². The summed E-state index contributed by atoms with van der Waals surface area (Å²) in [5.74, 6) is 0.946. The summed E-state index contributed by atoms with van der Waals surface area (Å²) in [5.41, 5.74) is 0.973. The van der Waals surface area contributed by atoms with E-state index in [1.807, 2.05) is 0 Å². The van der Waals surface area contributed by atoms with Gasteiger partial charge in [0.05, 0.1) is 21.9 Å². The third-order valence-corrected chi connectivity index (χ3v) is 7.80. The average molecular weight is 449 g/mol. The van der Waals surface area contributed by atoms with E-state index in [1.54, 1.807) is 24.3 Å². The standard InChI is InChI=1S/C22H28N2O4S2/c1-3-5-11-29-17-13-19(25)23(21(17)27)15-7-9-16(10-8-15)24-20(26)14-18(22(24)28)30-12-6-4-2/h7-10,17-18H,3-6,11-14H2,1-2H3/t17-,18-/m0/s1. The summed E-state index contributed by atoms with van der Waals surface area (Å²) in [4.78, 5) is 52.7. The molecule has 0 unspecified atom stereocenters. The number of amides is 4. The van der Waals surface area contributed by atoms with E-state index in [4.69, 9.17) is 0 Å². The topological polar surface area (TPSA) is 74.8 Å². The maximum atomic E-state index is 12.7. The SMILES string of the molecule is CCCCS[C@H]1CC(=O)N(c2ccc(N3C(=O)C[C@H](SCCCC)C3=O)cc2)C1=O. The van der Waals surface area contributed by atoms with Crippen LogP contribution < -0.4 is 9.80 Å². The second kappa shape index (κ2) is 10.5. The molecule has 6 nitrogen and oxygen atoms in total. The lowest BCUT2D eigenvalue weighted by atomic mass is 10.2. The predicted octanol–water partition coefficient (Wildman–Crippen LogP) is 4.02. The van der Waals surface area contributed by atoms with E-state index in [-0.39, 0.29) is 47.0 Å². The van der Waals surface area contributed by atoms with E-state index >= 15 is 0 Å². The van der Waals surface area contributed by atoms with E-state index in [9.17, 15) is 19.2 Å². The van der Waals surface area contributed by atoms with Crippen LogP contribution >= 0.6 is 23.5 Å². The number of benzene rings is 1. The van der Waals surface area contributed by atoms with Crippen LogP contribution in [0.3, 0.4) is 0 Å². The van der Waals surface area contributed by atoms with Crippen LogP contribution in [-0.2, 0) is 19.2 Å². The first-order chi connectivity index (χ1) is 14.5. The van der Waals surface area contributed by atoms with Crippen molar-refractivity contribution in [2.75, 3.05) is 21.3 Å². The molecule has 0 radical (unpaired) electrons. The molecule has 0 aromatic heterocycles. The van der Waals surface area contributed by atoms with Crippen LogP contribution in [0.1, 0.15) is 52.4 Å². The van der Waals surface area contributed by atoms with Crippen molar-refractivity contribution in [1.82, 2.24) is 0 Å². The second-order valence-corrected chi connectivity index (χ2v) is 10.1.